The molecule has 6 atom stereocenters. The van der Waals surface area contributed by atoms with Crippen molar-refractivity contribution in [3.63, 3.8) is 0 Å². The Morgan fingerprint density at radius 3 is 1.94 bits per heavy atom. The highest BCUT2D eigenvalue weighted by molar-refractivity contribution is 6.30. The topological polar surface area (TPSA) is 163 Å². The Kier molecular flexibility index (Phi) is 7.81. The first-order chi connectivity index (χ1) is 15.9. The van der Waals surface area contributed by atoms with Crippen LogP contribution in [0.3, 0.4) is 0 Å². The number of aliphatic hydroxyl groups is 3. The van der Waals surface area contributed by atoms with Crippen LogP contribution in [0.4, 0.5) is 0 Å². The van der Waals surface area contributed by atoms with Crippen LogP contribution in [0.5, 0.6) is 5.75 Å². The van der Waals surface area contributed by atoms with E-state index in [1.807, 2.05) is 0 Å². The summed E-state index contributed by atoms with van der Waals surface area (Å²) >= 11 is 5.98. The standard InChI is InChI=1S/C23H25ClO10/c1-23(2,22(30)31)34-14-9-5-12(6-10-14)18(11-3-7-13(24)8-4-11)32-21-17(27)15(25)16(26)19(33-21)20(28)29/h3-10,15-19,21,25-27H,1-2H3,(H,28,29)(H,30,31)/t15-,16-,17+,18?,19-,21+/m1/s1. The molecule has 2 aromatic rings. The predicted molar refractivity (Wildman–Crippen MR) is 117 cm³/mol. The molecule has 1 unspecified atom stereocenters. The summed E-state index contributed by atoms with van der Waals surface area (Å²) in [4.78, 5) is 22.7. The monoisotopic (exact) mass is 496 g/mol. The molecule has 184 valence electrons. The fourth-order valence-corrected chi connectivity index (χ4v) is 3.46. The lowest BCUT2D eigenvalue weighted by atomic mass is 9.97. The summed E-state index contributed by atoms with van der Waals surface area (Å²) in [5.41, 5.74) is -0.380. The van der Waals surface area contributed by atoms with Gasteiger partial charge in [0, 0.05) is 5.02 Å². The van der Waals surface area contributed by atoms with Crippen LogP contribution < -0.4 is 4.74 Å². The van der Waals surface area contributed by atoms with Crippen LogP contribution in [0.2, 0.25) is 5.02 Å². The molecule has 10 nitrogen and oxygen atoms in total. The number of ether oxygens (including phenoxy) is 3. The highest BCUT2D eigenvalue weighted by Crippen LogP contribution is 2.33. The van der Waals surface area contributed by atoms with E-state index in [-0.39, 0.29) is 5.75 Å². The van der Waals surface area contributed by atoms with Crippen LogP contribution in [-0.2, 0) is 19.1 Å². The first kappa shape index (κ1) is 25.9. The second-order valence-electron chi connectivity index (χ2n) is 8.29. The van der Waals surface area contributed by atoms with Crippen LogP contribution in [0.1, 0.15) is 31.1 Å². The molecule has 0 saturated carbocycles. The Morgan fingerprint density at radius 2 is 1.44 bits per heavy atom. The molecule has 0 radical (unpaired) electrons. The summed E-state index contributed by atoms with van der Waals surface area (Å²) in [6, 6.07) is 12.8. The van der Waals surface area contributed by atoms with Gasteiger partial charge in [-0.1, -0.05) is 35.9 Å². The summed E-state index contributed by atoms with van der Waals surface area (Å²) in [5, 5.41) is 49.4. The second-order valence-corrected chi connectivity index (χ2v) is 8.73. The maximum absolute atomic E-state index is 11.4. The number of carbonyl (C=O) groups is 2. The molecule has 1 fully saturated rings. The van der Waals surface area contributed by atoms with Crippen molar-refractivity contribution < 1.29 is 49.3 Å². The molecular weight excluding hydrogens is 472 g/mol. The van der Waals surface area contributed by atoms with E-state index in [0.717, 1.165) is 0 Å². The smallest absolute Gasteiger partial charge is 0.347 e. The Bertz CT molecular complexity index is 1010. The third-order valence-corrected chi connectivity index (χ3v) is 5.58. The lowest BCUT2D eigenvalue weighted by Crippen LogP contribution is -2.60. The van der Waals surface area contributed by atoms with E-state index >= 15 is 0 Å². The molecule has 0 spiro atoms. The first-order valence-electron chi connectivity index (χ1n) is 10.3. The molecular formula is C23H25ClO10. The number of carboxylic acid groups (broad SMARTS) is 2. The molecule has 1 aliphatic heterocycles. The lowest BCUT2D eigenvalue weighted by molar-refractivity contribution is -0.302. The van der Waals surface area contributed by atoms with Crippen LogP contribution in [0.15, 0.2) is 48.5 Å². The number of carboxylic acids is 2. The van der Waals surface area contributed by atoms with E-state index in [9.17, 15) is 35.1 Å². The minimum absolute atomic E-state index is 0.282. The van der Waals surface area contributed by atoms with Gasteiger partial charge in [-0.2, -0.15) is 0 Å². The van der Waals surface area contributed by atoms with E-state index in [1.165, 1.54) is 26.0 Å². The predicted octanol–water partition coefficient (Wildman–Crippen LogP) is 1.58. The SMILES string of the molecule is CC(C)(Oc1ccc(C(O[C@H]2O[C@@H](C(=O)O)[C@H](O)[C@@H](O)[C@@H]2O)c2ccc(Cl)cc2)cc1)C(=O)O. The molecule has 1 saturated heterocycles. The molecule has 11 heteroatoms. The van der Waals surface area contributed by atoms with Crippen molar-refractivity contribution in [1.29, 1.82) is 0 Å². The first-order valence-corrected chi connectivity index (χ1v) is 10.6. The Labute approximate surface area is 199 Å². The van der Waals surface area contributed by atoms with Gasteiger partial charge in [-0.3, -0.25) is 0 Å². The van der Waals surface area contributed by atoms with Crippen molar-refractivity contribution in [1.82, 2.24) is 0 Å². The van der Waals surface area contributed by atoms with E-state index in [2.05, 4.69) is 0 Å². The molecule has 2 aromatic carbocycles. The van der Waals surface area contributed by atoms with Crippen LogP contribution in [-0.4, -0.2) is 73.8 Å². The van der Waals surface area contributed by atoms with Crippen molar-refractivity contribution >= 4 is 23.5 Å². The summed E-state index contributed by atoms with van der Waals surface area (Å²) in [7, 11) is 0. The zero-order valence-electron chi connectivity index (χ0n) is 18.2. The Hall–Kier alpha value is -2.73. The van der Waals surface area contributed by atoms with Crippen molar-refractivity contribution in [3.05, 3.63) is 64.7 Å². The Balaban J connectivity index is 1.91. The minimum atomic E-state index is -1.85. The number of rotatable bonds is 8. The number of hydrogen-bond acceptors (Lipinski definition) is 8. The van der Waals surface area contributed by atoms with Gasteiger partial charge in [0.1, 0.15) is 30.2 Å². The van der Waals surface area contributed by atoms with Crippen LogP contribution in [0.25, 0.3) is 0 Å². The van der Waals surface area contributed by atoms with Gasteiger partial charge in [-0.25, -0.2) is 9.59 Å². The molecule has 0 amide bonds. The normalized spacial score (nSPS) is 26.0. The van der Waals surface area contributed by atoms with Gasteiger partial charge in [0.25, 0.3) is 0 Å². The van der Waals surface area contributed by atoms with Crippen molar-refractivity contribution in [3.8, 4) is 5.75 Å². The summed E-state index contributed by atoms with van der Waals surface area (Å²) in [6.45, 7) is 2.81. The number of hydrogen-bond donors (Lipinski definition) is 5. The molecule has 0 aromatic heterocycles. The van der Waals surface area contributed by atoms with Gasteiger partial charge in [-0.05, 0) is 49.2 Å². The van der Waals surface area contributed by atoms with Gasteiger partial charge >= 0.3 is 11.9 Å². The molecule has 34 heavy (non-hydrogen) atoms. The van der Waals surface area contributed by atoms with Gasteiger partial charge in [0.15, 0.2) is 18.0 Å². The summed E-state index contributed by atoms with van der Waals surface area (Å²) in [6.07, 6.45) is -9.74. The van der Waals surface area contributed by atoms with Gasteiger partial charge in [-0.15, -0.1) is 0 Å². The fourth-order valence-electron chi connectivity index (χ4n) is 3.33. The fraction of sp³-hybridized carbons (Fsp3) is 0.391. The third-order valence-electron chi connectivity index (χ3n) is 5.33. The second kappa shape index (κ2) is 10.3. The van der Waals surface area contributed by atoms with E-state index in [4.69, 9.17) is 25.8 Å². The molecule has 3 rings (SSSR count). The van der Waals surface area contributed by atoms with Gasteiger partial charge in [0.2, 0.25) is 0 Å². The van der Waals surface area contributed by atoms with Crippen LogP contribution >= 0.6 is 11.6 Å². The van der Waals surface area contributed by atoms with E-state index < -0.39 is 54.3 Å². The molecule has 1 heterocycles. The molecule has 1 aliphatic rings. The number of aliphatic carboxylic acids is 2. The quantitative estimate of drug-likeness (QED) is 0.362. The van der Waals surface area contributed by atoms with Crippen molar-refractivity contribution in [2.45, 2.75) is 56.3 Å². The third kappa shape index (κ3) is 5.66. The lowest BCUT2D eigenvalue weighted by Gasteiger charge is -2.40. The highest BCUT2D eigenvalue weighted by Gasteiger charge is 2.48. The number of benzene rings is 2. The average Bonchev–Trinajstić information content (AvgIpc) is 2.78. The Morgan fingerprint density at radius 1 is 0.912 bits per heavy atom. The number of halogens is 1. The van der Waals surface area contributed by atoms with E-state index in [1.54, 1.807) is 36.4 Å². The largest absolute Gasteiger partial charge is 0.479 e. The van der Waals surface area contributed by atoms with Gasteiger partial charge in [0.05, 0.1) is 0 Å². The molecule has 0 aliphatic carbocycles. The zero-order chi connectivity index (χ0) is 25.2. The maximum Gasteiger partial charge on any atom is 0.347 e. The molecule has 0 bridgehead atoms. The van der Waals surface area contributed by atoms with Crippen molar-refractivity contribution in [2.75, 3.05) is 0 Å². The van der Waals surface area contributed by atoms with Crippen LogP contribution in [0, 0.1) is 0 Å². The summed E-state index contributed by atoms with van der Waals surface area (Å²) < 4.78 is 16.7. The van der Waals surface area contributed by atoms with Gasteiger partial charge < -0.3 is 39.7 Å². The molecule has 5 N–H and O–H groups in total. The maximum atomic E-state index is 11.4. The number of aliphatic hydroxyl groups excluding tert-OH is 3. The average molecular weight is 497 g/mol. The van der Waals surface area contributed by atoms with Crippen molar-refractivity contribution in [2.24, 2.45) is 0 Å². The highest BCUT2D eigenvalue weighted by atomic mass is 35.5. The summed E-state index contributed by atoms with van der Waals surface area (Å²) in [5.74, 6) is -2.39. The van der Waals surface area contributed by atoms with E-state index in [0.29, 0.717) is 16.1 Å². The zero-order valence-corrected chi connectivity index (χ0v) is 19.0. The minimum Gasteiger partial charge on any atom is -0.479 e.